The van der Waals surface area contributed by atoms with E-state index in [4.69, 9.17) is 9.47 Å². The number of aryl methyl sites for hydroxylation is 1. The highest BCUT2D eigenvalue weighted by atomic mass is 16.5. The van der Waals surface area contributed by atoms with Gasteiger partial charge in [-0.1, -0.05) is 0 Å². The second-order valence-corrected chi connectivity index (χ2v) is 6.02. The zero-order valence-electron chi connectivity index (χ0n) is 14.3. The maximum Gasteiger partial charge on any atom is 0.325 e. The van der Waals surface area contributed by atoms with E-state index >= 15 is 0 Å². The molecule has 1 N–H and O–H groups in total. The summed E-state index contributed by atoms with van der Waals surface area (Å²) in [5.41, 5.74) is 1.57. The number of carboxylic acids is 1. The Morgan fingerprint density at radius 1 is 1.13 bits per heavy atom. The molecule has 1 aromatic rings. The van der Waals surface area contributed by atoms with Gasteiger partial charge in [0.1, 0.15) is 17.5 Å². The second kappa shape index (κ2) is 7.66. The van der Waals surface area contributed by atoms with Gasteiger partial charge in [0.15, 0.2) is 0 Å². The monoisotopic (exact) mass is 322 g/mol. The minimum Gasteiger partial charge on any atom is -0.496 e. The molecule has 1 saturated heterocycles. The molecule has 2 rings (SSSR count). The number of likely N-dealkylation sites (N-methyl/N-ethyl adjacent to an activating group) is 1. The topological polar surface area (TPSA) is 62.2 Å². The number of rotatable bonds is 5. The van der Waals surface area contributed by atoms with Crippen molar-refractivity contribution >= 4 is 5.97 Å². The van der Waals surface area contributed by atoms with Gasteiger partial charge in [-0.3, -0.25) is 9.69 Å². The fraction of sp³-hybridized carbons (Fsp3) is 0.588. The number of aliphatic carboxylic acids is 1. The minimum atomic E-state index is -0.880. The average molecular weight is 322 g/mol. The van der Waals surface area contributed by atoms with Crippen LogP contribution in [0.1, 0.15) is 23.6 Å². The summed E-state index contributed by atoms with van der Waals surface area (Å²) in [6.07, 6.45) is 0.941. The number of carboxylic acid groups (broad SMARTS) is 1. The summed E-state index contributed by atoms with van der Waals surface area (Å²) in [7, 11) is 5.19. The van der Waals surface area contributed by atoms with E-state index in [-0.39, 0.29) is 0 Å². The van der Waals surface area contributed by atoms with Crippen molar-refractivity contribution in [3.05, 3.63) is 23.3 Å². The van der Waals surface area contributed by atoms with Crippen LogP contribution in [-0.4, -0.2) is 68.3 Å². The molecule has 0 bridgehead atoms. The lowest BCUT2D eigenvalue weighted by Crippen LogP contribution is -2.37. The molecule has 0 amide bonds. The average Bonchev–Trinajstić information content (AvgIpc) is 2.73. The summed E-state index contributed by atoms with van der Waals surface area (Å²) in [6, 6.07) is 2.95. The Hall–Kier alpha value is -1.79. The van der Waals surface area contributed by atoms with Gasteiger partial charge in [0, 0.05) is 19.6 Å². The first-order chi connectivity index (χ1) is 11.0. The molecule has 1 atom stereocenters. The molecule has 6 heteroatoms. The third-order valence-electron chi connectivity index (χ3n) is 4.31. The number of ether oxygens (including phenoxy) is 2. The van der Waals surface area contributed by atoms with Gasteiger partial charge in [0.2, 0.25) is 0 Å². The van der Waals surface area contributed by atoms with E-state index in [2.05, 4.69) is 11.9 Å². The number of benzene rings is 1. The lowest BCUT2D eigenvalue weighted by Gasteiger charge is -2.30. The molecule has 1 heterocycles. The van der Waals surface area contributed by atoms with Crippen LogP contribution in [0.4, 0.5) is 0 Å². The predicted molar refractivity (Wildman–Crippen MR) is 88.3 cm³/mol. The lowest BCUT2D eigenvalue weighted by atomic mass is 10.00. The van der Waals surface area contributed by atoms with Gasteiger partial charge >= 0.3 is 5.97 Å². The number of hydrogen-bond acceptors (Lipinski definition) is 5. The summed E-state index contributed by atoms with van der Waals surface area (Å²) in [5, 5.41) is 9.88. The molecule has 0 spiro atoms. The van der Waals surface area contributed by atoms with Crippen molar-refractivity contribution in [3.63, 3.8) is 0 Å². The Morgan fingerprint density at radius 2 is 1.74 bits per heavy atom. The fourth-order valence-electron chi connectivity index (χ4n) is 3.13. The molecular weight excluding hydrogens is 296 g/mol. The van der Waals surface area contributed by atoms with Crippen molar-refractivity contribution in [2.75, 3.05) is 47.4 Å². The van der Waals surface area contributed by atoms with Crippen LogP contribution in [0.15, 0.2) is 12.1 Å². The van der Waals surface area contributed by atoms with E-state index in [1.54, 1.807) is 14.2 Å². The summed E-state index contributed by atoms with van der Waals surface area (Å²) in [4.78, 5) is 16.3. The van der Waals surface area contributed by atoms with Crippen LogP contribution in [-0.2, 0) is 4.79 Å². The molecule has 0 radical (unpaired) electrons. The van der Waals surface area contributed by atoms with Gasteiger partial charge < -0.3 is 19.5 Å². The van der Waals surface area contributed by atoms with Gasteiger partial charge in [0.25, 0.3) is 0 Å². The zero-order valence-corrected chi connectivity index (χ0v) is 14.3. The Bertz CT molecular complexity index is 537. The number of hydrogen-bond donors (Lipinski definition) is 1. The minimum absolute atomic E-state index is 0.562. The molecule has 1 aliphatic rings. The first-order valence-corrected chi connectivity index (χ1v) is 7.85. The van der Waals surface area contributed by atoms with E-state index in [1.165, 1.54) is 0 Å². The van der Waals surface area contributed by atoms with Gasteiger partial charge in [-0.05, 0) is 44.6 Å². The molecule has 1 aliphatic heterocycles. The lowest BCUT2D eigenvalue weighted by molar-refractivity contribution is -0.143. The highest BCUT2D eigenvalue weighted by molar-refractivity contribution is 5.78. The van der Waals surface area contributed by atoms with Gasteiger partial charge in [-0.2, -0.15) is 0 Å². The van der Waals surface area contributed by atoms with Crippen molar-refractivity contribution in [1.82, 2.24) is 9.80 Å². The van der Waals surface area contributed by atoms with E-state index in [1.807, 2.05) is 24.0 Å². The molecule has 23 heavy (non-hydrogen) atoms. The normalized spacial score (nSPS) is 18.3. The molecular formula is C17H26N2O4. The van der Waals surface area contributed by atoms with Crippen molar-refractivity contribution in [1.29, 1.82) is 0 Å². The van der Waals surface area contributed by atoms with Crippen molar-refractivity contribution in [2.45, 2.75) is 19.4 Å². The van der Waals surface area contributed by atoms with Crippen LogP contribution in [0.2, 0.25) is 0 Å². The molecule has 1 aromatic carbocycles. The number of nitrogens with zero attached hydrogens (tertiary/aromatic N) is 2. The summed E-state index contributed by atoms with van der Waals surface area (Å²) in [5.74, 6) is 0.244. The first kappa shape index (κ1) is 17.6. The van der Waals surface area contributed by atoms with E-state index in [0.717, 1.165) is 31.6 Å². The Labute approximate surface area is 137 Å². The van der Waals surface area contributed by atoms with E-state index in [9.17, 15) is 9.90 Å². The number of carbonyl (C=O) groups is 1. The highest BCUT2D eigenvalue weighted by Gasteiger charge is 2.33. The zero-order chi connectivity index (χ0) is 17.0. The number of methoxy groups -OCH3 is 2. The summed E-state index contributed by atoms with van der Waals surface area (Å²) in [6.45, 7) is 5.20. The third-order valence-corrected chi connectivity index (χ3v) is 4.31. The quantitative estimate of drug-likeness (QED) is 0.891. The molecule has 1 unspecified atom stereocenters. The first-order valence-electron chi connectivity index (χ1n) is 7.85. The van der Waals surface area contributed by atoms with Crippen LogP contribution in [0.5, 0.6) is 11.5 Å². The molecule has 0 saturated carbocycles. The molecule has 0 aliphatic carbocycles. The predicted octanol–water partition coefficient (Wildman–Crippen LogP) is 1.78. The second-order valence-electron chi connectivity index (χ2n) is 6.02. The van der Waals surface area contributed by atoms with Crippen LogP contribution in [0.25, 0.3) is 0 Å². The van der Waals surface area contributed by atoms with Crippen LogP contribution < -0.4 is 9.47 Å². The standard InChI is InChI=1S/C17H26N2O4/c1-12-10-13(22-3)15(14(11-12)23-4)16(17(20)21)19-7-5-6-18(2)8-9-19/h10-11,16H,5-9H2,1-4H3,(H,20,21). The molecule has 0 aromatic heterocycles. The molecule has 1 fully saturated rings. The van der Waals surface area contributed by atoms with Crippen molar-refractivity contribution in [2.24, 2.45) is 0 Å². The van der Waals surface area contributed by atoms with E-state index < -0.39 is 12.0 Å². The van der Waals surface area contributed by atoms with Crippen molar-refractivity contribution in [3.8, 4) is 11.5 Å². The molecule has 128 valence electrons. The highest BCUT2D eigenvalue weighted by Crippen LogP contribution is 2.38. The maximum atomic E-state index is 12.0. The van der Waals surface area contributed by atoms with Crippen LogP contribution >= 0.6 is 0 Å². The van der Waals surface area contributed by atoms with E-state index in [0.29, 0.717) is 23.6 Å². The largest absolute Gasteiger partial charge is 0.496 e. The van der Waals surface area contributed by atoms with Gasteiger partial charge in [0.05, 0.1) is 19.8 Å². The summed E-state index contributed by atoms with van der Waals surface area (Å²) >= 11 is 0. The fourth-order valence-corrected chi connectivity index (χ4v) is 3.13. The maximum absolute atomic E-state index is 12.0. The smallest absolute Gasteiger partial charge is 0.325 e. The van der Waals surface area contributed by atoms with Gasteiger partial charge in [-0.15, -0.1) is 0 Å². The van der Waals surface area contributed by atoms with Crippen LogP contribution in [0, 0.1) is 6.92 Å². The Balaban J connectivity index is 2.47. The Kier molecular flexibility index (Phi) is 5.85. The van der Waals surface area contributed by atoms with Crippen molar-refractivity contribution < 1.29 is 19.4 Å². The third kappa shape index (κ3) is 3.95. The molecule has 6 nitrogen and oxygen atoms in total. The summed E-state index contributed by atoms with van der Waals surface area (Å²) < 4.78 is 10.9. The Morgan fingerprint density at radius 3 is 2.26 bits per heavy atom. The SMILES string of the molecule is COc1cc(C)cc(OC)c1C(C(=O)O)N1CCCN(C)CC1. The van der Waals surface area contributed by atoms with Gasteiger partial charge in [-0.25, -0.2) is 0 Å². The van der Waals surface area contributed by atoms with Crippen LogP contribution in [0.3, 0.4) is 0 Å².